The van der Waals surface area contributed by atoms with Crippen LogP contribution >= 0.6 is 0 Å². The van der Waals surface area contributed by atoms with E-state index in [-0.39, 0.29) is 5.91 Å². The van der Waals surface area contributed by atoms with Crippen LogP contribution in [0.25, 0.3) is 10.9 Å². The molecule has 0 aliphatic carbocycles. The van der Waals surface area contributed by atoms with Gasteiger partial charge in [0.25, 0.3) is 0 Å². The number of aromatic nitrogens is 1. The second-order valence-corrected chi connectivity index (χ2v) is 7.43. The van der Waals surface area contributed by atoms with Gasteiger partial charge in [0.15, 0.2) is 0 Å². The molecule has 0 saturated heterocycles. The van der Waals surface area contributed by atoms with E-state index >= 15 is 0 Å². The van der Waals surface area contributed by atoms with Gasteiger partial charge in [0.1, 0.15) is 0 Å². The van der Waals surface area contributed by atoms with Crippen LogP contribution in [0.4, 0.5) is 0 Å². The highest BCUT2D eigenvalue weighted by atomic mass is 16.2. The monoisotopic (exact) mass is 395 g/mol. The van der Waals surface area contributed by atoms with Crippen LogP contribution in [-0.2, 0) is 17.8 Å². The Balaban J connectivity index is 1.46. The van der Waals surface area contributed by atoms with E-state index in [9.17, 15) is 4.79 Å². The van der Waals surface area contributed by atoms with Crippen molar-refractivity contribution in [3.63, 3.8) is 0 Å². The van der Waals surface area contributed by atoms with E-state index in [0.717, 1.165) is 28.6 Å². The van der Waals surface area contributed by atoms with Crippen LogP contribution in [-0.4, -0.2) is 16.7 Å². The maximum atomic E-state index is 12.1. The number of carbonyl (C=O) groups is 1. The van der Waals surface area contributed by atoms with Crippen LogP contribution < -0.4 is 5.43 Å². The number of carbonyl (C=O) groups excluding carboxylic acids is 1. The number of nitrogens with zero attached hydrogens (tertiary/aromatic N) is 2. The Labute approximate surface area is 176 Å². The summed E-state index contributed by atoms with van der Waals surface area (Å²) in [5.41, 5.74) is 8.51. The number of benzene rings is 3. The largest absolute Gasteiger partial charge is 0.342 e. The molecule has 4 heteroatoms. The molecule has 4 nitrogen and oxygen atoms in total. The predicted molar refractivity (Wildman–Crippen MR) is 123 cm³/mol. The van der Waals surface area contributed by atoms with Crippen molar-refractivity contribution in [1.29, 1.82) is 0 Å². The number of fused-ring (bicyclic) bond motifs is 1. The Hall–Kier alpha value is -3.66. The molecule has 3 aromatic carbocycles. The average Bonchev–Trinajstić information content (AvgIpc) is 3.12. The Bertz CT molecular complexity index is 1180. The quantitative estimate of drug-likeness (QED) is 0.344. The van der Waals surface area contributed by atoms with E-state index in [0.29, 0.717) is 12.8 Å². The zero-order valence-electron chi connectivity index (χ0n) is 17.1. The van der Waals surface area contributed by atoms with Crippen LogP contribution in [0.5, 0.6) is 0 Å². The van der Waals surface area contributed by atoms with Crippen molar-refractivity contribution in [2.75, 3.05) is 0 Å². The van der Waals surface area contributed by atoms with Gasteiger partial charge in [0.2, 0.25) is 5.91 Å². The van der Waals surface area contributed by atoms with E-state index in [1.165, 1.54) is 11.1 Å². The first-order chi connectivity index (χ1) is 14.7. The molecule has 0 radical (unpaired) electrons. The molecule has 1 amide bonds. The summed E-state index contributed by atoms with van der Waals surface area (Å²) in [7, 11) is 0. The number of nitrogens with one attached hydrogen (secondary N) is 1. The lowest BCUT2D eigenvalue weighted by molar-refractivity contribution is -0.121. The van der Waals surface area contributed by atoms with Crippen molar-refractivity contribution in [1.82, 2.24) is 9.99 Å². The molecule has 0 aliphatic rings. The maximum Gasteiger partial charge on any atom is 0.240 e. The molecule has 150 valence electrons. The van der Waals surface area contributed by atoms with Crippen LogP contribution in [0.2, 0.25) is 0 Å². The summed E-state index contributed by atoms with van der Waals surface area (Å²) in [4.78, 5) is 12.1. The molecule has 1 heterocycles. The molecule has 0 fully saturated rings. The standard InChI is InChI=1S/C26H25N3O/c1-20-9-5-6-12-22(20)18-29-19-23(24-13-7-8-14-25(24)29)17-27-28-26(30)16-15-21-10-3-2-4-11-21/h2-14,17,19H,15-16,18H2,1H3,(H,28,30)/b27-17-. The number of hydrogen-bond acceptors (Lipinski definition) is 2. The van der Waals surface area contributed by atoms with Crippen molar-refractivity contribution in [3.8, 4) is 0 Å². The van der Waals surface area contributed by atoms with Crippen molar-refractivity contribution in [2.24, 2.45) is 5.10 Å². The van der Waals surface area contributed by atoms with Crippen LogP contribution in [0.15, 0.2) is 90.2 Å². The van der Waals surface area contributed by atoms with E-state index in [2.05, 4.69) is 64.6 Å². The number of hydrazone groups is 1. The minimum atomic E-state index is -0.0845. The van der Waals surface area contributed by atoms with Gasteiger partial charge in [-0.1, -0.05) is 72.8 Å². The molecule has 0 saturated carbocycles. The van der Waals surface area contributed by atoms with Crippen LogP contribution in [0.3, 0.4) is 0 Å². The molecule has 0 aliphatic heterocycles. The average molecular weight is 396 g/mol. The molecule has 0 bridgehead atoms. The van der Waals surface area contributed by atoms with Gasteiger partial charge in [-0.05, 0) is 36.1 Å². The Morgan fingerprint density at radius 3 is 2.53 bits per heavy atom. The first-order valence-corrected chi connectivity index (χ1v) is 10.2. The summed E-state index contributed by atoms with van der Waals surface area (Å²) in [5.74, 6) is -0.0845. The van der Waals surface area contributed by atoms with Crippen LogP contribution in [0.1, 0.15) is 28.7 Å². The van der Waals surface area contributed by atoms with Crippen LogP contribution in [0, 0.1) is 6.92 Å². The second kappa shape index (κ2) is 9.23. The predicted octanol–water partition coefficient (Wildman–Crippen LogP) is 5.08. The normalized spacial score (nSPS) is 11.2. The molecule has 0 unspecified atom stereocenters. The van der Waals surface area contributed by atoms with Crippen molar-refractivity contribution in [2.45, 2.75) is 26.3 Å². The van der Waals surface area contributed by atoms with E-state index in [1.54, 1.807) is 6.21 Å². The van der Waals surface area contributed by atoms with Crippen molar-refractivity contribution in [3.05, 3.63) is 107 Å². The lowest BCUT2D eigenvalue weighted by Crippen LogP contribution is -2.17. The summed E-state index contributed by atoms with van der Waals surface area (Å²) in [6, 6.07) is 26.7. The third kappa shape index (κ3) is 4.66. The first-order valence-electron chi connectivity index (χ1n) is 10.2. The summed E-state index contributed by atoms with van der Waals surface area (Å²) in [5, 5.41) is 5.32. The maximum absolute atomic E-state index is 12.1. The molecule has 30 heavy (non-hydrogen) atoms. The lowest BCUT2D eigenvalue weighted by atomic mass is 10.1. The molecular formula is C26H25N3O. The fourth-order valence-corrected chi connectivity index (χ4v) is 3.61. The number of hydrogen-bond donors (Lipinski definition) is 1. The Morgan fingerprint density at radius 1 is 0.967 bits per heavy atom. The Morgan fingerprint density at radius 2 is 1.70 bits per heavy atom. The van der Waals surface area contributed by atoms with E-state index < -0.39 is 0 Å². The molecular weight excluding hydrogens is 370 g/mol. The van der Waals surface area contributed by atoms with Gasteiger partial charge in [-0.25, -0.2) is 5.43 Å². The van der Waals surface area contributed by atoms with Gasteiger partial charge in [-0.2, -0.15) is 5.10 Å². The zero-order chi connectivity index (χ0) is 20.8. The minimum Gasteiger partial charge on any atom is -0.342 e. The number of amides is 1. The van der Waals surface area contributed by atoms with E-state index in [1.807, 2.05) is 42.5 Å². The van der Waals surface area contributed by atoms with Gasteiger partial charge in [0, 0.05) is 35.6 Å². The van der Waals surface area contributed by atoms with Gasteiger partial charge >= 0.3 is 0 Å². The summed E-state index contributed by atoms with van der Waals surface area (Å²) < 4.78 is 2.23. The van der Waals surface area contributed by atoms with Gasteiger partial charge < -0.3 is 4.57 Å². The summed E-state index contributed by atoms with van der Waals surface area (Å²) in [6.45, 7) is 2.93. The lowest BCUT2D eigenvalue weighted by Gasteiger charge is -2.08. The highest BCUT2D eigenvalue weighted by Crippen LogP contribution is 2.22. The number of para-hydroxylation sites is 1. The van der Waals surface area contributed by atoms with Crippen molar-refractivity contribution >= 4 is 23.0 Å². The SMILES string of the molecule is Cc1ccccc1Cn1cc(/C=N\NC(=O)CCc2ccccc2)c2ccccc21. The third-order valence-corrected chi connectivity index (χ3v) is 5.30. The number of aryl methyl sites for hydroxylation is 2. The highest BCUT2D eigenvalue weighted by molar-refractivity contribution is 5.99. The molecule has 0 spiro atoms. The van der Waals surface area contributed by atoms with Gasteiger partial charge in [-0.3, -0.25) is 4.79 Å². The smallest absolute Gasteiger partial charge is 0.240 e. The second-order valence-electron chi connectivity index (χ2n) is 7.43. The molecule has 4 aromatic rings. The zero-order valence-corrected chi connectivity index (χ0v) is 17.1. The molecule has 0 atom stereocenters. The van der Waals surface area contributed by atoms with E-state index in [4.69, 9.17) is 0 Å². The highest BCUT2D eigenvalue weighted by Gasteiger charge is 2.08. The minimum absolute atomic E-state index is 0.0845. The fraction of sp³-hybridized carbons (Fsp3) is 0.154. The Kier molecular flexibility index (Phi) is 6.04. The number of rotatable bonds is 7. The third-order valence-electron chi connectivity index (χ3n) is 5.30. The molecule has 1 N–H and O–H groups in total. The van der Waals surface area contributed by atoms with Gasteiger partial charge in [0.05, 0.1) is 6.21 Å². The first kappa shape index (κ1) is 19.6. The summed E-state index contributed by atoms with van der Waals surface area (Å²) in [6.07, 6.45) is 4.95. The summed E-state index contributed by atoms with van der Waals surface area (Å²) >= 11 is 0. The molecule has 4 rings (SSSR count). The molecule has 1 aromatic heterocycles. The topological polar surface area (TPSA) is 46.4 Å². The van der Waals surface area contributed by atoms with Gasteiger partial charge in [-0.15, -0.1) is 0 Å². The van der Waals surface area contributed by atoms with Crippen molar-refractivity contribution < 1.29 is 4.79 Å². The fourth-order valence-electron chi connectivity index (χ4n) is 3.61.